The molecule has 24 heavy (non-hydrogen) atoms. The summed E-state index contributed by atoms with van der Waals surface area (Å²) in [5, 5.41) is 10.5. The number of aromatic nitrogens is 2. The molecule has 0 bridgehead atoms. The molecule has 2 N–H and O–H groups in total. The zero-order valence-electron chi connectivity index (χ0n) is 13.2. The quantitative estimate of drug-likeness (QED) is 0.844. The maximum Gasteiger partial charge on any atom is 0.222 e. The highest BCUT2D eigenvalue weighted by Crippen LogP contribution is 2.33. The lowest BCUT2D eigenvalue weighted by molar-refractivity contribution is 0.315. The summed E-state index contributed by atoms with van der Waals surface area (Å²) in [6.45, 7) is 3.35. The number of allylic oxidation sites excluding steroid dienone is 1. The average molecular weight is 328 g/mol. The third-order valence-corrected chi connectivity index (χ3v) is 3.46. The molecule has 0 fully saturated rings. The van der Waals surface area contributed by atoms with Crippen molar-refractivity contribution in [3.05, 3.63) is 42.0 Å². The van der Waals surface area contributed by atoms with E-state index in [4.69, 9.17) is 14.9 Å². The number of rotatable bonds is 4. The third-order valence-electron chi connectivity index (χ3n) is 3.46. The number of fused-ring (bicyclic) bond motifs is 1. The predicted octanol–water partition coefficient (Wildman–Crippen LogP) is 2.65. The summed E-state index contributed by atoms with van der Waals surface area (Å²) in [5.74, 6) is 0.368. The molecule has 1 aliphatic heterocycles. The number of ether oxygens (including phenoxy) is 2. The Hall–Kier alpha value is -2.96. The standard InChI is InChI=1S/C17H17FN4O2/c1-2-23-16-13(8-12(18)10-22-16)11-7-14-15(3-4-19)20-5-6-24-17(14)21-9-11/h3-4,7-10,19-20H,2,5-6H2,1H3/b15-3-,19-4?. The molecule has 3 heterocycles. The van der Waals surface area contributed by atoms with E-state index in [2.05, 4.69) is 15.3 Å². The van der Waals surface area contributed by atoms with Crippen LogP contribution in [0.2, 0.25) is 0 Å². The van der Waals surface area contributed by atoms with Gasteiger partial charge in [0.05, 0.1) is 18.4 Å². The lowest BCUT2D eigenvalue weighted by Gasteiger charge is -2.12. The highest BCUT2D eigenvalue weighted by molar-refractivity contribution is 5.85. The van der Waals surface area contributed by atoms with E-state index in [0.29, 0.717) is 48.2 Å². The Morgan fingerprint density at radius 1 is 1.33 bits per heavy atom. The Morgan fingerprint density at radius 3 is 3.00 bits per heavy atom. The molecule has 0 saturated carbocycles. The summed E-state index contributed by atoms with van der Waals surface area (Å²) < 4.78 is 24.8. The highest BCUT2D eigenvalue weighted by atomic mass is 19.1. The van der Waals surface area contributed by atoms with E-state index in [1.54, 1.807) is 12.3 Å². The summed E-state index contributed by atoms with van der Waals surface area (Å²) >= 11 is 0. The van der Waals surface area contributed by atoms with Gasteiger partial charge in [-0.15, -0.1) is 0 Å². The Balaban J connectivity index is 2.13. The van der Waals surface area contributed by atoms with Crippen LogP contribution in [0.4, 0.5) is 4.39 Å². The van der Waals surface area contributed by atoms with Gasteiger partial charge in [0.15, 0.2) is 0 Å². The largest absolute Gasteiger partial charge is 0.478 e. The van der Waals surface area contributed by atoms with Crippen LogP contribution < -0.4 is 14.8 Å². The zero-order valence-corrected chi connectivity index (χ0v) is 13.2. The van der Waals surface area contributed by atoms with Crippen LogP contribution >= 0.6 is 0 Å². The molecule has 0 saturated heterocycles. The number of hydrogen-bond acceptors (Lipinski definition) is 6. The Labute approximate surface area is 138 Å². The van der Waals surface area contributed by atoms with Crippen molar-refractivity contribution in [1.29, 1.82) is 5.41 Å². The van der Waals surface area contributed by atoms with Gasteiger partial charge in [-0.3, -0.25) is 0 Å². The van der Waals surface area contributed by atoms with Crippen LogP contribution in [0.5, 0.6) is 11.8 Å². The van der Waals surface area contributed by atoms with Crippen LogP contribution in [0.1, 0.15) is 12.5 Å². The van der Waals surface area contributed by atoms with E-state index in [-0.39, 0.29) is 0 Å². The van der Waals surface area contributed by atoms with Crippen LogP contribution in [0.15, 0.2) is 30.6 Å². The molecule has 0 radical (unpaired) electrons. The van der Waals surface area contributed by atoms with Gasteiger partial charge in [0.2, 0.25) is 11.8 Å². The van der Waals surface area contributed by atoms with Crippen LogP contribution in [0.25, 0.3) is 16.8 Å². The smallest absolute Gasteiger partial charge is 0.222 e. The van der Waals surface area contributed by atoms with Crippen molar-refractivity contribution in [2.75, 3.05) is 19.8 Å². The summed E-state index contributed by atoms with van der Waals surface area (Å²) in [6, 6.07) is 3.20. The number of hydrogen-bond donors (Lipinski definition) is 2. The molecule has 0 spiro atoms. The first-order chi connectivity index (χ1) is 11.7. The van der Waals surface area contributed by atoms with Crippen molar-refractivity contribution in [3.8, 4) is 22.9 Å². The van der Waals surface area contributed by atoms with Gasteiger partial charge in [0.25, 0.3) is 0 Å². The highest BCUT2D eigenvalue weighted by Gasteiger charge is 2.18. The van der Waals surface area contributed by atoms with Crippen molar-refractivity contribution in [1.82, 2.24) is 15.3 Å². The topological polar surface area (TPSA) is 80.1 Å². The van der Waals surface area contributed by atoms with Crippen molar-refractivity contribution < 1.29 is 13.9 Å². The van der Waals surface area contributed by atoms with E-state index >= 15 is 0 Å². The van der Waals surface area contributed by atoms with Crippen LogP contribution in [0.3, 0.4) is 0 Å². The molecule has 7 heteroatoms. The molecule has 2 aromatic heterocycles. The Morgan fingerprint density at radius 2 is 2.21 bits per heavy atom. The van der Waals surface area contributed by atoms with Gasteiger partial charge >= 0.3 is 0 Å². The first-order valence-electron chi connectivity index (χ1n) is 7.59. The number of halogens is 1. The van der Waals surface area contributed by atoms with Gasteiger partial charge in [-0.25, -0.2) is 14.4 Å². The van der Waals surface area contributed by atoms with Crippen LogP contribution in [-0.4, -0.2) is 35.9 Å². The molecule has 1 aliphatic rings. The lowest BCUT2D eigenvalue weighted by Crippen LogP contribution is -2.15. The Kier molecular flexibility index (Phi) is 4.69. The molecule has 0 unspecified atom stereocenters. The molecular formula is C17H17FN4O2. The lowest BCUT2D eigenvalue weighted by atomic mass is 10.0. The van der Waals surface area contributed by atoms with Gasteiger partial charge in [0, 0.05) is 35.8 Å². The van der Waals surface area contributed by atoms with Gasteiger partial charge in [0.1, 0.15) is 12.4 Å². The minimum Gasteiger partial charge on any atom is -0.478 e. The summed E-state index contributed by atoms with van der Waals surface area (Å²) in [4.78, 5) is 8.34. The zero-order chi connectivity index (χ0) is 16.9. The minimum absolute atomic E-state index is 0.348. The predicted molar refractivity (Wildman–Crippen MR) is 88.9 cm³/mol. The fraction of sp³-hybridized carbons (Fsp3) is 0.235. The van der Waals surface area contributed by atoms with Gasteiger partial charge in [-0.2, -0.15) is 0 Å². The third kappa shape index (κ3) is 3.19. The first-order valence-corrected chi connectivity index (χ1v) is 7.59. The van der Waals surface area contributed by atoms with Crippen molar-refractivity contribution in [2.24, 2.45) is 0 Å². The van der Waals surface area contributed by atoms with E-state index in [1.807, 2.05) is 13.0 Å². The SMILES string of the molecule is CCOc1ncc(F)cc1-c1cnc2c(c1)/C(=C/C=N)NCCO2. The van der Waals surface area contributed by atoms with E-state index in [0.717, 1.165) is 11.9 Å². The second kappa shape index (κ2) is 7.08. The number of pyridine rings is 2. The summed E-state index contributed by atoms with van der Waals surface area (Å²) in [5.41, 5.74) is 2.62. The van der Waals surface area contributed by atoms with E-state index in [1.165, 1.54) is 12.3 Å². The van der Waals surface area contributed by atoms with Crippen molar-refractivity contribution in [2.45, 2.75) is 6.92 Å². The molecule has 0 atom stereocenters. The molecule has 0 aromatic carbocycles. The number of nitrogens with zero attached hydrogens (tertiary/aromatic N) is 2. The van der Waals surface area contributed by atoms with E-state index < -0.39 is 5.82 Å². The average Bonchev–Trinajstić information content (AvgIpc) is 2.79. The molecule has 0 aliphatic carbocycles. The van der Waals surface area contributed by atoms with E-state index in [9.17, 15) is 4.39 Å². The van der Waals surface area contributed by atoms with Crippen LogP contribution in [0, 0.1) is 11.2 Å². The van der Waals surface area contributed by atoms with Crippen LogP contribution in [-0.2, 0) is 0 Å². The van der Waals surface area contributed by atoms with Crippen molar-refractivity contribution >= 4 is 11.9 Å². The molecule has 0 amide bonds. The number of nitrogens with one attached hydrogen (secondary N) is 2. The fourth-order valence-corrected chi connectivity index (χ4v) is 2.45. The van der Waals surface area contributed by atoms with Gasteiger partial charge in [-0.1, -0.05) is 0 Å². The molecule has 3 rings (SSSR count). The maximum absolute atomic E-state index is 13.7. The maximum atomic E-state index is 13.7. The Bertz CT molecular complexity index is 792. The monoisotopic (exact) mass is 328 g/mol. The molecule has 6 nitrogen and oxygen atoms in total. The normalized spacial score (nSPS) is 15.0. The molecule has 2 aromatic rings. The first kappa shape index (κ1) is 15.9. The second-order valence-electron chi connectivity index (χ2n) is 5.04. The summed E-state index contributed by atoms with van der Waals surface area (Å²) in [6.07, 6.45) is 5.55. The second-order valence-corrected chi connectivity index (χ2v) is 5.04. The fourth-order valence-electron chi connectivity index (χ4n) is 2.45. The van der Waals surface area contributed by atoms with Gasteiger partial charge < -0.3 is 20.2 Å². The van der Waals surface area contributed by atoms with Gasteiger partial charge in [-0.05, 0) is 25.1 Å². The minimum atomic E-state index is -0.451. The molecule has 124 valence electrons. The van der Waals surface area contributed by atoms with Crippen molar-refractivity contribution in [3.63, 3.8) is 0 Å². The molecular weight excluding hydrogens is 311 g/mol. The summed E-state index contributed by atoms with van der Waals surface area (Å²) in [7, 11) is 0.